The van der Waals surface area contributed by atoms with Crippen molar-refractivity contribution in [2.75, 3.05) is 5.73 Å². The fourth-order valence-corrected chi connectivity index (χ4v) is 2.19. The predicted octanol–water partition coefficient (Wildman–Crippen LogP) is 3.02. The molecule has 0 aliphatic heterocycles. The molecule has 4 nitrogen and oxygen atoms in total. The number of aromatic nitrogens is 1. The molecule has 2 N–H and O–H groups in total. The van der Waals surface area contributed by atoms with Crippen LogP contribution in [0.25, 0.3) is 0 Å². The molecular formula is C17H21N3O. The number of pyridine rings is 1. The van der Waals surface area contributed by atoms with E-state index in [0.717, 1.165) is 5.56 Å². The summed E-state index contributed by atoms with van der Waals surface area (Å²) in [5.41, 5.74) is 8.64. The van der Waals surface area contributed by atoms with E-state index in [4.69, 9.17) is 5.73 Å². The van der Waals surface area contributed by atoms with Crippen molar-refractivity contribution < 1.29 is 4.79 Å². The molecule has 2 rings (SSSR count). The van der Waals surface area contributed by atoms with Gasteiger partial charge in [-0.25, -0.2) is 0 Å². The van der Waals surface area contributed by atoms with E-state index in [1.165, 1.54) is 0 Å². The Labute approximate surface area is 125 Å². The Morgan fingerprint density at radius 1 is 1.29 bits per heavy atom. The number of nitrogens with two attached hydrogens (primary N) is 1. The van der Waals surface area contributed by atoms with Gasteiger partial charge < -0.3 is 10.6 Å². The van der Waals surface area contributed by atoms with Crippen LogP contribution in [0.15, 0.2) is 42.6 Å². The van der Waals surface area contributed by atoms with E-state index in [0.29, 0.717) is 23.5 Å². The van der Waals surface area contributed by atoms with Crippen molar-refractivity contribution in [3.05, 3.63) is 59.4 Å². The van der Waals surface area contributed by atoms with Gasteiger partial charge in [-0.05, 0) is 32.4 Å². The third kappa shape index (κ3) is 3.60. The molecule has 0 bridgehead atoms. The first-order chi connectivity index (χ1) is 9.99. The largest absolute Gasteiger partial charge is 0.397 e. The number of benzene rings is 1. The lowest BCUT2D eigenvalue weighted by Gasteiger charge is -2.27. The highest BCUT2D eigenvalue weighted by atomic mass is 16.2. The van der Waals surface area contributed by atoms with Crippen LogP contribution in [0.2, 0.25) is 0 Å². The summed E-state index contributed by atoms with van der Waals surface area (Å²) < 4.78 is 0. The summed E-state index contributed by atoms with van der Waals surface area (Å²) in [5.74, 6) is -0.0360. The number of amides is 1. The molecule has 2 aromatic rings. The van der Waals surface area contributed by atoms with E-state index < -0.39 is 0 Å². The number of nitrogen functional groups attached to an aromatic ring is 1. The molecule has 0 spiro atoms. The minimum Gasteiger partial charge on any atom is -0.397 e. The van der Waals surface area contributed by atoms with Crippen LogP contribution in [0.1, 0.15) is 35.5 Å². The first-order valence-electron chi connectivity index (χ1n) is 7.06. The van der Waals surface area contributed by atoms with Gasteiger partial charge in [0.25, 0.3) is 5.91 Å². The zero-order chi connectivity index (χ0) is 15.4. The zero-order valence-electron chi connectivity index (χ0n) is 12.7. The molecule has 0 saturated carbocycles. The van der Waals surface area contributed by atoms with Gasteiger partial charge in [-0.3, -0.25) is 9.78 Å². The molecular weight excluding hydrogens is 262 g/mol. The van der Waals surface area contributed by atoms with Gasteiger partial charge in [0.2, 0.25) is 0 Å². The van der Waals surface area contributed by atoms with Crippen LogP contribution in [0.3, 0.4) is 0 Å². The summed E-state index contributed by atoms with van der Waals surface area (Å²) in [5, 5.41) is 0. The van der Waals surface area contributed by atoms with Crippen molar-refractivity contribution in [2.24, 2.45) is 0 Å². The van der Waals surface area contributed by atoms with E-state index in [9.17, 15) is 4.79 Å². The minimum atomic E-state index is -0.0360. The van der Waals surface area contributed by atoms with Crippen molar-refractivity contribution in [3.63, 3.8) is 0 Å². The van der Waals surface area contributed by atoms with Gasteiger partial charge in [0.05, 0.1) is 23.1 Å². The predicted molar refractivity (Wildman–Crippen MR) is 84.8 cm³/mol. The summed E-state index contributed by atoms with van der Waals surface area (Å²) in [6, 6.07) is 11.8. The molecule has 110 valence electrons. The maximum Gasteiger partial charge on any atom is 0.256 e. The lowest BCUT2D eigenvalue weighted by Crippen LogP contribution is -2.36. The molecule has 0 unspecified atom stereocenters. The SMILES string of the molecule is Cc1ncc(N)cc1C(=O)N(Cc1ccccc1)C(C)C. The Morgan fingerprint density at radius 2 is 1.95 bits per heavy atom. The van der Waals surface area contributed by atoms with Crippen molar-refractivity contribution >= 4 is 11.6 Å². The second kappa shape index (κ2) is 6.39. The topological polar surface area (TPSA) is 59.2 Å². The van der Waals surface area contributed by atoms with Crippen molar-refractivity contribution in [2.45, 2.75) is 33.4 Å². The Bertz CT molecular complexity index is 623. The summed E-state index contributed by atoms with van der Waals surface area (Å²) in [6.45, 7) is 6.42. The number of nitrogens with zero attached hydrogens (tertiary/aromatic N) is 2. The van der Waals surface area contributed by atoms with Gasteiger partial charge in [-0.1, -0.05) is 30.3 Å². The number of hydrogen-bond donors (Lipinski definition) is 1. The molecule has 4 heteroatoms. The van der Waals surface area contributed by atoms with Crippen LogP contribution in [-0.2, 0) is 6.54 Å². The average molecular weight is 283 g/mol. The third-order valence-electron chi connectivity index (χ3n) is 3.42. The smallest absolute Gasteiger partial charge is 0.256 e. The summed E-state index contributed by atoms with van der Waals surface area (Å²) in [4.78, 5) is 18.8. The normalized spacial score (nSPS) is 10.7. The minimum absolute atomic E-state index is 0.0360. The van der Waals surface area contributed by atoms with Crippen LogP contribution in [0.4, 0.5) is 5.69 Å². The quantitative estimate of drug-likeness (QED) is 0.938. The summed E-state index contributed by atoms with van der Waals surface area (Å²) in [7, 11) is 0. The molecule has 1 heterocycles. The summed E-state index contributed by atoms with van der Waals surface area (Å²) >= 11 is 0. The highest BCUT2D eigenvalue weighted by Gasteiger charge is 2.21. The van der Waals surface area contributed by atoms with E-state index in [1.807, 2.05) is 56.0 Å². The number of carbonyl (C=O) groups is 1. The molecule has 1 aromatic carbocycles. The van der Waals surface area contributed by atoms with Crippen molar-refractivity contribution in [1.82, 2.24) is 9.88 Å². The fraction of sp³-hybridized carbons (Fsp3) is 0.294. The molecule has 1 aromatic heterocycles. The van der Waals surface area contributed by atoms with Crippen LogP contribution in [-0.4, -0.2) is 21.8 Å². The molecule has 0 radical (unpaired) electrons. The van der Waals surface area contributed by atoms with Crippen molar-refractivity contribution in [3.8, 4) is 0 Å². The maximum atomic E-state index is 12.8. The zero-order valence-corrected chi connectivity index (χ0v) is 12.7. The van der Waals surface area contributed by atoms with E-state index >= 15 is 0 Å². The fourth-order valence-electron chi connectivity index (χ4n) is 2.19. The number of hydrogen-bond acceptors (Lipinski definition) is 3. The van der Waals surface area contributed by atoms with E-state index in [2.05, 4.69) is 4.98 Å². The van der Waals surface area contributed by atoms with E-state index in [-0.39, 0.29) is 11.9 Å². The second-order valence-corrected chi connectivity index (χ2v) is 5.41. The van der Waals surface area contributed by atoms with Crippen LogP contribution in [0, 0.1) is 6.92 Å². The Balaban J connectivity index is 2.30. The summed E-state index contributed by atoms with van der Waals surface area (Å²) in [6.07, 6.45) is 1.57. The van der Waals surface area contributed by atoms with Crippen LogP contribution >= 0.6 is 0 Å². The van der Waals surface area contributed by atoms with Crippen LogP contribution in [0.5, 0.6) is 0 Å². The molecule has 0 aliphatic rings. The van der Waals surface area contributed by atoms with Crippen molar-refractivity contribution in [1.29, 1.82) is 0 Å². The standard InChI is InChI=1S/C17H21N3O/c1-12(2)20(11-14-7-5-4-6-8-14)17(21)16-9-15(18)10-19-13(16)3/h4-10,12H,11,18H2,1-3H3. The maximum absolute atomic E-state index is 12.8. The molecule has 0 fully saturated rings. The third-order valence-corrected chi connectivity index (χ3v) is 3.42. The van der Waals surface area contributed by atoms with Gasteiger partial charge >= 0.3 is 0 Å². The Morgan fingerprint density at radius 3 is 2.57 bits per heavy atom. The first kappa shape index (κ1) is 15.0. The number of anilines is 1. The average Bonchev–Trinajstić information content (AvgIpc) is 2.47. The van der Waals surface area contributed by atoms with E-state index in [1.54, 1.807) is 12.3 Å². The monoisotopic (exact) mass is 283 g/mol. The lowest BCUT2D eigenvalue weighted by atomic mass is 10.1. The molecule has 0 aliphatic carbocycles. The van der Waals surface area contributed by atoms with Gasteiger partial charge in [-0.15, -0.1) is 0 Å². The first-order valence-corrected chi connectivity index (χ1v) is 7.06. The van der Waals surface area contributed by atoms with Gasteiger partial charge in [-0.2, -0.15) is 0 Å². The molecule has 1 amide bonds. The van der Waals surface area contributed by atoms with Gasteiger partial charge in [0.15, 0.2) is 0 Å². The molecule has 0 atom stereocenters. The highest BCUT2D eigenvalue weighted by Crippen LogP contribution is 2.17. The number of aryl methyl sites for hydroxylation is 1. The second-order valence-electron chi connectivity index (χ2n) is 5.41. The number of rotatable bonds is 4. The molecule has 21 heavy (non-hydrogen) atoms. The van der Waals surface area contributed by atoms with Gasteiger partial charge in [0.1, 0.15) is 0 Å². The van der Waals surface area contributed by atoms with Gasteiger partial charge in [0, 0.05) is 12.6 Å². The highest BCUT2D eigenvalue weighted by molar-refractivity contribution is 5.96. The van der Waals surface area contributed by atoms with Crippen LogP contribution < -0.4 is 5.73 Å². The Hall–Kier alpha value is -2.36. The lowest BCUT2D eigenvalue weighted by molar-refractivity contribution is 0.0689. The molecule has 0 saturated heterocycles. The number of carbonyl (C=O) groups excluding carboxylic acids is 1. The Kier molecular flexibility index (Phi) is 4.58.